The van der Waals surface area contributed by atoms with Crippen molar-refractivity contribution >= 4 is 23.7 Å². The molecule has 0 fully saturated rings. The van der Waals surface area contributed by atoms with Crippen LogP contribution < -0.4 is 0 Å². The van der Waals surface area contributed by atoms with Crippen LogP contribution in [-0.4, -0.2) is 33.7 Å². The molecule has 0 aliphatic carbocycles. The van der Waals surface area contributed by atoms with Crippen LogP contribution in [0.2, 0.25) is 0 Å². The maximum Gasteiger partial charge on any atom is 0.318 e. The van der Waals surface area contributed by atoms with Gasteiger partial charge < -0.3 is 10.2 Å². The summed E-state index contributed by atoms with van der Waals surface area (Å²) in [5, 5.41) is 16.8. The smallest absolute Gasteiger partial charge is 0.318 e. The molecule has 0 heterocycles. The molecule has 0 rings (SSSR count). The summed E-state index contributed by atoms with van der Waals surface area (Å²) in [4.78, 5) is 20.5. The van der Waals surface area contributed by atoms with Gasteiger partial charge in [-0.25, -0.2) is 0 Å². The Morgan fingerprint density at radius 3 is 2.09 bits per heavy atom. The van der Waals surface area contributed by atoms with E-state index in [0.717, 1.165) is 5.75 Å². The van der Waals surface area contributed by atoms with Crippen molar-refractivity contribution in [3.8, 4) is 0 Å². The Labute approximate surface area is 68.6 Å². The van der Waals surface area contributed by atoms with E-state index in [1.807, 2.05) is 6.92 Å². The highest BCUT2D eigenvalue weighted by Crippen LogP contribution is 2.08. The number of carboxylic acid groups (broad SMARTS) is 2. The molecule has 0 atom stereocenters. The number of carbonyl (C=O) groups is 2. The first kappa shape index (κ1) is 10.3. The van der Waals surface area contributed by atoms with Gasteiger partial charge in [0.2, 0.25) is 0 Å². The summed E-state index contributed by atoms with van der Waals surface area (Å²) in [5.74, 6) is -2.92. The largest absolute Gasteiger partial charge is 0.481 e. The zero-order chi connectivity index (χ0) is 8.85. The number of aliphatic carboxylic acids is 2. The first-order valence-electron chi connectivity index (χ1n) is 3.13. The maximum atomic E-state index is 10.3. The normalized spacial score (nSPS) is 10.0. The third-order valence-corrected chi connectivity index (χ3v) is 2.06. The number of hydrogen-bond donors (Lipinski definition) is 2. The lowest BCUT2D eigenvalue weighted by molar-refractivity contribution is -0.153. The van der Waals surface area contributed by atoms with Crippen LogP contribution in [0.15, 0.2) is 0 Å². The fourth-order valence-electron chi connectivity index (χ4n) is 0.484. The zero-order valence-electron chi connectivity index (χ0n) is 6.11. The lowest BCUT2D eigenvalue weighted by Gasteiger charge is -2.04. The minimum Gasteiger partial charge on any atom is -0.481 e. The van der Waals surface area contributed by atoms with Gasteiger partial charge in [-0.3, -0.25) is 9.59 Å². The highest BCUT2D eigenvalue weighted by molar-refractivity contribution is 7.99. The summed E-state index contributed by atoms with van der Waals surface area (Å²) >= 11 is 1.31. The van der Waals surface area contributed by atoms with Crippen LogP contribution in [0.4, 0.5) is 0 Å². The molecule has 0 spiro atoms. The van der Waals surface area contributed by atoms with Crippen LogP contribution in [-0.2, 0) is 9.59 Å². The molecule has 64 valence electrons. The van der Waals surface area contributed by atoms with Gasteiger partial charge in [-0.05, 0) is 5.75 Å². The van der Waals surface area contributed by atoms with Crippen LogP contribution in [0, 0.1) is 5.92 Å². The summed E-state index contributed by atoms with van der Waals surface area (Å²) in [7, 11) is 0. The highest BCUT2D eigenvalue weighted by Gasteiger charge is 2.24. The molecule has 11 heavy (non-hydrogen) atoms. The van der Waals surface area contributed by atoms with Gasteiger partial charge in [0.25, 0.3) is 0 Å². The van der Waals surface area contributed by atoms with Gasteiger partial charge in [0.05, 0.1) is 0 Å². The molecule has 0 aromatic heterocycles. The average Bonchev–Trinajstić information content (AvgIpc) is 1.87. The van der Waals surface area contributed by atoms with Crippen molar-refractivity contribution in [1.82, 2.24) is 0 Å². The molecule has 0 amide bonds. The Morgan fingerprint density at radius 2 is 1.82 bits per heavy atom. The van der Waals surface area contributed by atoms with E-state index in [1.165, 1.54) is 11.8 Å². The van der Waals surface area contributed by atoms with Gasteiger partial charge in [0.1, 0.15) is 0 Å². The Bertz CT molecular complexity index is 143. The second-order valence-electron chi connectivity index (χ2n) is 1.89. The molecule has 4 nitrogen and oxygen atoms in total. The predicted molar refractivity (Wildman–Crippen MR) is 41.8 cm³/mol. The maximum absolute atomic E-state index is 10.3. The molecule has 0 bridgehead atoms. The summed E-state index contributed by atoms with van der Waals surface area (Å²) < 4.78 is 0. The lowest BCUT2D eigenvalue weighted by Crippen LogP contribution is -2.25. The Kier molecular flexibility index (Phi) is 4.69. The molecule has 0 aliphatic heterocycles. The lowest BCUT2D eigenvalue weighted by atomic mass is 10.2. The molecule has 0 unspecified atom stereocenters. The summed E-state index contributed by atoms with van der Waals surface area (Å²) in [6, 6.07) is 0. The highest BCUT2D eigenvalue weighted by atomic mass is 32.2. The van der Waals surface area contributed by atoms with Gasteiger partial charge in [0, 0.05) is 5.75 Å². The zero-order valence-corrected chi connectivity index (χ0v) is 6.93. The standard InChI is InChI=1S/C6H10O4S/c1-2-11-3-4(5(7)8)6(9)10/h4H,2-3H2,1H3,(H,7,8)(H,9,10). The summed E-state index contributed by atoms with van der Waals surface area (Å²) in [6.07, 6.45) is 0. The minimum atomic E-state index is -1.27. The number of rotatable bonds is 5. The first-order chi connectivity index (χ1) is 5.09. The third kappa shape index (κ3) is 3.87. The van der Waals surface area contributed by atoms with E-state index in [1.54, 1.807) is 0 Å². The van der Waals surface area contributed by atoms with E-state index in [2.05, 4.69) is 0 Å². The number of thioether (sulfide) groups is 1. The first-order valence-corrected chi connectivity index (χ1v) is 4.28. The average molecular weight is 178 g/mol. The van der Waals surface area contributed by atoms with E-state index in [-0.39, 0.29) is 5.75 Å². The van der Waals surface area contributed by atoms with E-state index in [4.69, 9.17) is 10.2 Å². The van der Waals surface area contributed by atoms with Crippen molar-refractivity contribution in [3.63, 3.8) is 0 Å². The molecule has 0 radical (unpaired) electrons. The monoisotopic (exact) mass is 178 g/mol. The molecule has 2 N–H and O–H groups in total. The van der Waals surface area contributed by atoms with Gasteiger partial charge >= 0.3 is 11.9 Å². The van der Waals surface area contributed by atoms with Crippen molar-refractivity contribution in [2.75, 3.05) is 11.5 Å². The topological polar surface area (TPSA) is 74.6 Å². The van der Waals surface area contributed by atoms with Crippen LogP contribution >= 0.6 is 11.8 Å². The quantitative estimate of drug-likeness (QED) is 0.600. The molecule has 5 heteroatoms. The van der Waals surface area contributed by atoms with Crippen molar-refractivity contribution in [2.24, 2.45) is 5.92 Å². The van der Waals surface area contributed by atoms with E-state index in [9.17, 15) is 9.59 Å². The molecular formula is C6H10O4S. The van der Waals surface area contributed by atoms with Crippen LogP contribution in [0.3, 0.4) is 0 Å². The number of carboxylic acids is 2. The van der Waals surface area contributed by atoms with Crippen molar-refractivity contribution < 1.29 is 19.8 Å². The van der Waals surface area contributed by atoms with Crippen LogP contribution in [0.1, 0.15) is 6.92 Å². The fourth-order valence-corrected chi connectivity index (χ4v) is 1.24. The van der Waals surface area contributed by atoms with E-state index < -0.39 is 17.9 Å². The van der Waals surface area contributed by atoms with Crippen LogP contribution in [0.25, 0.3) is 0 Å². The van der Waals surface area contributed by atoms with E-state index >= 15 is 0 Å². The molecule has 0 saturated carbocycles. The van der Waals surface area contributed by atoms with Crippen molar-refractivity contribution in [1.29, 1.82) is 0 Å². The Morgan fingerprint density at radius 1 is 1.36 bits per heavy atom. The molecular weight excluding hydrogens is 168 g/mol. The fraction of sp³-hybridized carbons (Fsp3) is 0.667. The Balaban J connectivity index is 3.90. The van der Waals surface area contributed by atoms with Crippen LogP contribution in [0.5, 0.6) is 0 Å². The molecule has 0 aromatic rings. The SMILES string of the molecule is CCSCC(C(=O)O)C(=O)O. The minimum absolute atomic E-state index is 0.140. The second-order valence-corrected chi connectivity index (χ2v) is 3.21. The van der Waals surface area contributed by atoms with Crippen molar-refractivity contribution in [3.05, 3.63) is 0 Å². The van der Waals surface area contributed by atoms with Crippen molar-refractivity contribution in [2.45, 2.75) is 6.92 Å². The third-order valence-electron chi connectivity index (χ3n) is 1.08. The molecule has 0 aromatic carbocycles. The van der Waals surface area contributed by atoms with Gasteiger partial charge in [-0.1, -0.05) is 6.92 Å². The predicted octanol–water partition coefficient (Wildman–Crippen LogP) is 0.525. The molecule has 0 saturated heterocycles. The summed E-state index contributed by atoms with van der Waals surface area (Å²) in [5.41, 5.74) is 0. The summed E-state index contributed by atoms with van der Waals surface area (Å²) in [6.45, 7) is 1.85. The second kappa shape index (κ2) is 5.01. The number of hydrogen-bond acceptors (Lipinski definition) is 3. The van der Waals surface area contributed by atoms with Gasteiger partial charge in [0.15, 0.2) is 5.92 Å². The van der Waals surface area contributed by atoms with E-state index in [0.29, 0.717) is 0 Å². The Hall–Kier alpha value is -0.710. The van der Waals surface area contributed by atoms with Gasteiger partial charge in [-0.15, -0.1) is 0 Å². The van der Waals surface area contributed by atoms with Gasteiger partial charge in [-0.2, -0.15) is 11.8 Å². The molecule has 0 aliphatic rings.